The number of rotatable bonds is 9. The van der Waals surface area contributed by atoms with Gasteiger partial charge in [0.15, 0.2) is 23.5 Å². The maximum atomic E-state index is 13.6. The molecule has 2 aromatic heterocycles. The van der Waals surface area contributed by atoms with E-state index in [4.69, 9.17) is 4.74 Å². The summed E-state index contributed by atoms with van der Waals surface area (Å²) < 4.78 is 18.9. The molecule has 0 aliphatic carbocycles. The van der Waals surface area contributed by atoms with E-state index in [2.05, 4.69) is 31.1 Å². The highest BCUT2D eigenvalue weighted by atomic mass is 19.1. The Morgan fingerprint density at radius 2 is 1.76 bits per heavy atom. The molecule has 3 aromatic rings. The molecule has 0 saturated carbocycles. The number of anilines is 3. The molecule has 8 nitrogen and oxygen atoms in total. The lowest BCUT2D eigenvalue weighted by Gasteiger charge is -2.15. The molecule has 0 radical (unpaired) electrons. The number of carbonyl (C=O) groups is 1. The molecule has 3 rings (SSSR count). The minimum absolute atomic E-state index is 0.0454. The van der Waals surface area contributed by atoms with Gasteiger partial charge in [0.2, 0.25) is 0 Å². The van der Waals surface area contributed by atoms with Gasteiger partial charge in [0.25, 0.3) is 5.91 Å². The van der Waals surface area contributed by atoms with Gasteiger partial charge >= 0.3 is 0 Å². The van der Waals surface area contributed by atoms with E-state index < -0.39 is 11.9 Å². The van der Waals surface area contributed by atoms with Gasteiger partial charge in [0.05, 0.1) is 0 Å². The summed E-state index contributed by atoms with van der Waals surface area (Å²) in [5.41, 5.74) is 0.865. The van der Waals surface area contributed by atoms with Gasteiger partial charge in [-0.05, 0) is 43.3 Å². The Morgan fingerprint density at radius 3 is 2.48 bits per heavy atom. The third-order valence-electron chi connectivity index (χ3n) is 3.86. The van der Waals surface area contributed by atoms with Crippen LogP contribution in [0.1, 0.15) is 6.92 Å². The number of nitrogens with one attached hydrogen (secondary N) is 3. The van der Waals surface area contributed by atoms with Crippen LogP contribution in [0.4, 0.5) is 21.7 Å². The zero-order chi connectivity index (χ0) is 20.5. The van der Waals surface area contributed by atoms with Crippen molar-refractivity contribution < 1.29 is 13.9 Å². The Morgan fingerprint density at radius 1 is 1.03 bits per heavy atom. The highest BCUT2D eigenvalue weighted by Crippen LogP contribution is 2.17. The van der Waals surface area contributed by atoms with Crippen LogP contribution in [0.25, 0.3) is 0 Å². The molecule has 0 fully saturated rings. The van der Waals surface area contributed by atoms with Crippen LogP contribution in [0.5, 0.6) is 5.75 Å². The normalized spacial score (nSPS) is 11.4. The number of ether oxygens (including phenoxy) is 1. The van der Waals surface area contributed by atoms with Crippen LogP contribution in [-0.4, -0.2) is 40.3 Å². The molecule has 3 N–H and O–H groups in total. The molecule has 0 saturated heterocycles. The van der Waals surface area contributed by atoms with Crippen LogP contribution in [0.2, 0.25) is 0 Å². The molecule has 29 heavy (non-hydrogen) atoms. The fraction of sp³-hybridized carbons (Fsp3) is 0.200. The molecule has 0 bridgehead atoms. The first-order valence-electron chi connectivity index (χ1n) is 9.05. The van der Waals surface area contributed by atoms with Gasteiger partial charge in [-0.3, -0.25) is 9.78 Å². The van der Waals surface area contributed by atoms with Gasteiger partial charge in [0.1, 0.15) is 5.82 Å². The van der Waals surface area contributed by atoms with E-state index in [9.17, 15) is 9.18 Å². The van der Waals surface area contributed by atoms with Crippen molar-refractivity contribution in [2.75, 3.05) is 23.7 Å². The summed E-state index contributed by atoms with van der Waals surface area (Å²) in [6.45, 7) is 2.36. The number of halogens is 1. The smallest absolute Gasteiger partial charge is 0.260 e. The van der Waals surface area contributed by atoms with Crippen molar-refractivity contribution in [1.82, 2.24) is 20.5 Å². The van der Waals surface area contributed by atoms with Crippen LogP contribution in [0.15, 0.2) is 60.9 Å². The Bertz CT molecular complexity index is 924. The first kappa shape index (κ1) is 20.0. The minimum atomic E-state index is -0.815. The highest BCUT2D eigenvalue weighted by Gasteiger charge is 2.15. The quantitative estimate of drug-likeness (QED) is 0.478. The summed E-state index contributed by atoms with van der Waals surface area (Å²) in [4.78, 5) is 16.0. The van der Waals surface area contributed by atoms with Crippen molar-refractivity contribution in [2.24, 2.45) is 0 Å². The van der Waals surface area contributed by atoms with E-state index in [1.54, 1.807) is 43.6 Å². The molecule has 1 amide bonds. The van der Waals surface area contributed by atoms with Gasteiger partial charge in [0, 0.05) is 31.2 Å². The third-order valence-corrected chi connectivity index (χ3v) is 3.86. The summed E-state index contributed by atoms with van der Waals surface area (Å²) in [5.74, 6) is 0.390. The Hall–Kier alpha value is -3.75. The van der Waals surface area contributed by atoms with Gasteiger partial charge in [-0.25, -0.2) is 4.39 Å². The van der Waals surface area contributed by atoms with Crippen LogP contribution < -0.4 is 20.7 Å². The van der Waals surface area contributed by atoms with E-state index in [0.717, 1.165) is 5.69 Å². The monoisotopic (exact) mass is 396 g/mol. The maximum Gasteiger partial charge on any atom is 0.260 e. The number of benzene rings is 1. The zero-order valence-electron chi connectivity index (χ0n) is 15.8. The molecule has 1 atom stereocenters. The molecule has 0 spiro atoms. The Labute approximate surface area is 167 Å². The topological polar surface area (TPSA) is 101 Å². The molecule has 0 aliphatic rings. The molecule has 0 unspecified atom stereocenters. The lowest BCUT2D eigenvalue weighted by molar-refractivity contribution is -0.127. The van der Waals surface area contributed by atoms with E-state index >= 15 is 0 Å². The summed E-state index contributed by atoms with van der Waals surface area (Å²) in [6, 6.07) is 13.2. The number of pyridine rings is 1. The summed E-state index contributed by atoms with van der Waals surface area (Å²) in [7, 11) is 0. The van der Waals surface area contributed by atoms with Crippen molar-refractivity contribution in [3.8, 4) is 5.75 Å². The van der Waals surface area contributed by atoms with Crippen molar-refractivity contribution in [3.63, 3.8) is 0 Å². The number of hydrogen-bond donors (Lipinski definition) is 3. The van der Waals surface area contributed by atoms with Crippen molar-refractivity contribution >= 4 is 23.2 Å². The second-order valence-corrected chi connectivity index (χ2v) is 6.07. The average Bonchev–Trinajstić information content (AvgIpc) is 2.74. The van der Waals surface area contributed by atoms with E-state index in [0.29, 0.717) is 24.7 Å². The Kier molecular flexibility index (Phi) is 6.88. The van der Waals surface area contributed by atoms with Crippen LogP contribution in [-0.2, 0) is 4.79 Å². The van der Waals surface area contributed by atoms with Crippen molar-refractivity contribution in [3.05, 3.63) is 66.7 Å². The van der Waals surface area contributed by atoms with Gasteiger partial charge in [-0.2, -0.15) is 0 Å². The maximum absolute atomic E-state index is 13.6. The largest absolute Gasteiger partial charge is 0.478 e. The number of para-hydroxylation sites is 1. The van der Waals surface area contributed by atoms with Crippen molar-refractivity contribution in [1.29, 1.82) is 0 Å². The summed E-state index contributed by atoms with van der Waals surface area (Å²) in [5, 5.41) is 17.1. The summed E-state index contributed by atoms with van der Waals surface area (Å²) in [6.07, 6.45) is 2.55. The summed E-state index contributed by atoms with van der Waals surface area (Å²) >= 11 is 0. The number of hydrogen-bond acceptors (Lipinski definition) is 7. The zero-order valence-corrected chi connectivity index (χ0v) is 15.8. The van der Waals surface area contributed by atoms with Crippen molar-refractivity contribution in [2.45, 2.75) is 13.0 Å². The SMILES string of the molecule is C[C@H](Oc1ccccc1F)C(=O)NCCNc1ccc(Nc2ccncc2)nn1. The van der Waals surface area contributed by atoms with E-state index in [-0.39, 0.29) is 11.7 Å². The molecule has 0 aliphatic heterocycles. The number of nitrogens with zero attached hydrogens (tertiary/aromatic N) is 3. The number of amides is 1. The standard InChI is InChI=1S/C20H21FN6O2/c1-14(29-17-5-3-2-4-16(17)21)20(28)24-13-12-23-18-6-7-19(27-26-18)25-15-8-10-22-11-9-15/h2-11,14H,12-13H2,1H3,(H,23,26)(H,24,28)(H,22,25,27)/t14-/m0/s1. The number of carbonyl (C=O) groups excluding carboxylic acids is 1. The van der Waals surface area contributed by atoms with Crippen LogP contribution in [0, 0.1) is 5.82 Å². The second kappa shape index (κ2) is 9.98. The second-order valence-electron chi connectivity index (χ2n) is 6.07. The van der Waals surface area contributed by atoms with Crippen LogP contribution in [0.3, 0.4) is 0 Å². The first-order valence-corrected chi connectivity index (χ1v) is 9.05. The Balaban J connectivity index is 1.38. The predicted octanol–water partition coefficient (Wildman–Crippen LogP) is 2.75. The van der Waals surface area contributed by atoms with Gasteiger partial charge < -0.3 is 20.7 Å². The molecule has 2 heterocycles. The third kappa shape index (κ3) is 6.13. The molecular formula is C20H21FN6O2. The lowest BCUT2D eigenvalue weighted by atomic mass is 10.3. The average molecular weight is 396 g/mol. The van der Waals surface area contributed by atoms with Crippen LogP contribution >= 0.6 is 0 Å². The first-order chi connectivity index (χ1) is 14.1. The number of aromatic nitrogens is 3. The lowest BCUT2D eigenvalue weighted by Crippen LogP contribution is -2.38. The fourth-order valence-corrected chi connectivity index (χ4v) is 2.38. The van der Waals surface area contributed by atoms with E-state index in [1.165, 1.54) is 12.1 Å². The minimum Gasteiger partial charge on any atom is -0.478 e. The molecule has 150 valence electrons. The highest BCUT2D eigenvalue weighted by molar-refractivity contribution is 5.80. The van der Waals surface area contributed by atoms with Gasteiger partial charge in [-0.15, -0.1) is 10.2 Å². The molecule has 1 aromatic carbocycles. The molecule has 9 heteroatoms. The fourth-order valence-electron chi connectivity index (χ4n) is 2.38. The van der Waals surface area contributed by atoms with E-state index in [1.807, 2.05) is 12.1 Å². The molecular weight excluding hydrogens is 375 g/mol. The van der Waals surface area contributed by atoms with Gasteiger partial charge in [-0.1, -0.05) is 12.1 Å². The predicted molar refractivity (Wildman–Crippen MR) is 108 cm³/mol.